The molecule has 2 rings (SSSR count). The van der Waals surface area contributed by atoms with Crippen molar-refractivity contribution in [3.63, 3.8) is 0 Å². The Morgan fingerprint density at radius 1 is 1.37 bits per heavy atom. The summed E-state index contributed by atoms with van der Waals surface area (Å²) in [5, 5.41) is 13.0. The number of nitrogens with zero attached hydrogens (tertiary/aromatic N) is 2. The normalized spacial score (nSPS) is 10.4. The molecule has 1 N–H and O–H groups in total. The Morgan fingerprint density at radius 2 is 2.05 bits per heavy atom. The van der Waals surface area contributed by atoms with E-state index < -0.39 is 5.97 Å². The minimum atomic E-state index is -0.820. The SMILES string of the molecule is COc1ccc(-c2cn(CCC(=O)O)nc2C)cc1. The molecule has 1 aromatic carbocycles. The molecule has 0 aliphatic rings. The van der Waals surface area contributed by atoms with Gasteiger partial charge in [0.15, 0.2) is 0 Å². The molecule has 0 saturated heterocycles. The topological polar surface area (TPSA) is 64.3 Å². The van der Waals surface area contributed by atoms with E-state index in [0.29, 0.717) is 6.54 Å². The van der Waals surface area contributed by atoms with E-state index in [9.17, 15) is 4.79 Å². The Hall–Kier alpha value is -2.30. The molecule has 0 atom stereocenters. The van der Waals surface area contributed by atoms with Crippen LogP contribution in [0.3, 0.4) is 0 Å². The highest BCUT2D eigenvalue weighted by molar-refractivity contribution is 5.67. The van der Waals surface area contributed by atoms with E-state index in [1.165, 1.54) is 0 Å². The number of hydrogen-bond acceptors (Lipinski definition) is 3. The fourth-order valence-electron chi connectivity index (χ4n) is 1.90. The van der Waals surface area contributed by atoms with E-state index in [2.05, 4.69) is 5.10 Å². The lowest BCUT2D eigenvalue weighted by atomic mass is 10.1. The van der Waals surface area contributed by atoms with Gasteiger partial charge < -0.3 is 9.84 Å². The lowest BCUT2D eigenvalue weighted by Crippen LogP contribution is -2.04. The molecule has 0 amide bonds. The maximum absolute atomic E-state index is 10.5. The van der Waals surface area contributed by atoms with Crippen molar-refractivity contribution in [3.8, 4) is 16.9 Å². The molecule has 5 nitrogen and oxygen atoms in total. The Balaban J connectivity index is 2.21. The number of benzene rings is 1. The molecule has 0 aliphatic carbocycles. The molecule has 0 aliphatic heterocycles. The smallest absolute Gasteiger partial charge is 0.305 e. The van der Waals surface area contributed by atoms with Gasteiger partial charge in [-0.3, -0.25) is 9.48 Å². The van der Waals surface area contributed by atoms with Crippen LogP contribution < -0.4 is 4.74 Å². The minimum absolute atomic E-state index is 0.0726. The Morgan fingerprint density at radius 3 is 2.63 bits per heavy atom. The highest BCUT2D eigenvalue weighted by Crippen LogP contribution is 2.24. The van der Waals surface area contributed by atoms with Crippen LogP contribution in [0.25, 0.3) is 11.1 Å². The molecular weight excluding hydrogens is 244 g/mol. The molecule has 0 fully saturated rings. The zero-order valence-corrected chi connectivity index (χ0v) is 11.0. The number of aromatic nitrogens is 2. The lowest BCUT2D eigenvalue weighted by Gasteiger charge is -2.01. The number of hydrogen-bond donors (Lipinski definition) is 1. The van der Waals surface area contributed by atoms with Gasteiger partial charge in [0.25, 0.3) is 0 Å². The first kappa shape index (κ1) is 13.1. The van der Waals surface area contributed by atoms with Crippen molar-refractivity contribution in [2.45, 2.75) is 19.9 Å². The number of rotatable bonds is 5. The zero-order valence-electron chi connectivity index (χ0n) is 11.0. The molecule has 0 bridgehead atoms. The molecule has 2 aromatic rings. The standard InChI is InChI=1S/C14H16N2O3/c1-10-13(9-16(15-10)8-7-14(17)18)11-3-5-12(19-2)6-4-11/h3-6,9H,7-8H2,1-2H3,(H,17,18). The summed E-state index contributed by atoms with van der Waals surface area (Å²) in [5.41, 5.74) is 2.93. The summed E-state index contributed by atoms with van der Waals surface area (Å²) in [6, 6.07) is 7.71. The van der Waals surface area contributed by atoms with Crippen LogP contribution in [-0.2, 0) is 11.3 Å². The largest absolute Gasteiger partial charge is 0.497 e. The number of carboxylic acid groups (broad SMARTS) is 1. The van der Waals surface area contributed by atoms with Gasteiger partial charge in [0.1, 0.15) is 5.75 Å². The quantitative estimate of drug-likeness (QED) is 0.896. The number of carboxylic acids is 1. The number of carbonyl (C=O) groups is 1. The van der Waals surface area contributed by atoms with Gasteiger partial charge in [-0.15, -0.1) is 0 Å². The second kappa shape index (κ2) is 5.56. The summed E-state index contributed by atoms with van der Waals surface area (Å²) in [6.07, 6.45) is 1.95. The summed E-state index contributed by atoms with van der Waals surface area (Å²) >= 11 is 0. The fraction of sp³-hybridized carbons (Fsp3) is 0.286. The molecule has 5 heteroatoms. The van der Waals surface area contributed by atoms with Gasteiger partial charge in [-0.25, -0.2) is 0 Å². The van der Waals surface area contributed by atoms with Crippen LogP contribution >= 0.6 is 0 Å². The second-order valence-electron chi connectivity index (χ2n) is 4.26. The number of aryl methyl sites for hydroxylation is 2. The van der Waals surface area contributed by atoms with E-state index in [4.69, 9.17) is 9.84 Å². The van der Waals surface area contributed by atoms with Crippen molar-refractivity contribution < 1.29 is 14.6 Å². The van der Waals surface area contributed by atoms with Gasteiger partial charge in [0.05, 0.1) is 25.8 Å². The van der Waals surface area contributed by atoms with Crippen LogP contribution in [0, 0.1) is 6.92 Å². The van der Waals surface area contributed by atoms with Crippen LogP contribution in [0.5, 0.6) is 5.75 Å². The summed E-state index contributed by atoms with van der Waals surface area (Å²) in [6.45, 7) is 2.29. The molecule has 0 unspecified atom stereocenters. The van der Waals surface area contributed by atoms with Crippen molar-refractivity contribution in [1.82, 2.24) is 9.78 Å². The third-order valence-corrected chi connectivity index (χ3v) is 2.90. The lowest BCUT2D eigenvalue weighted by molar-refractivity contribution is -0.137. The maximum Gasteiger partial charge on any atom is 0.305 e. The molecule has 1 aromatic heterocycles. The predicted molar refractivity (Wildman–Crippen MR) is 71.2 cm³/mol. The molecule has 100 valence electrons. The van der Waals surface area contributed by atoms with Crippen molar-refractivity contribution in [3.05, 3.63) is 36.2 Å². The average Bonchev–Trinajstić information content (AvgIpc) is 2.78. The third-order valence-electron chi connectivity index (χ3n) is 2.90. The van der Waals surface area contributed by atoms with Crippen LogP contribution in [0.15, 0.2) is 30.5 Å². The van der Waals surface area contributed by atoms with Crippen molar-refractivity contribution >= 4 is 5.97 Å². The average molecular weight is 260 g/mol. The van der Waals surface area contributed by atoms with E-state index in [1.807, 2.05) is 37.4 Å². The van der Waals surface area contributed by atoms with Gasteiger partial charge >= 0.3 is 5.97 Å². The van der Waals surface area contributed by atoms with Gasteiger partial charge in [-0.2, -0.15) is 5.10 Å². The Bertz CT molecular complexity index is 573. The molecule has 0 spiro atoms. The minimum Gasteiger partial charge on any atom is -0.497 e. The van der Waals surface area contributed by atoms with Gasteiger partial charge in [0, 0.05) is 11.8 Å². The fourth-order valence-corrected chi connectivity index (χ4v) is 1.90. The predicted octanol–water partition coefficient (Wildman–Crippen LogP) is 2.34. The molecular formula is C14H16N2O3. The van der Waals surface area contributed by atoms with Crippen LogP contribution in [0.2, 0.25) is 0 Å². The first-order chi connectivity index (χ1) is 9.10. The second-order valence-corrected chi connectivity index (χ2v) is 4.26. The van der Waals surface area contributed by atoms with Crippen molar-refractivity contribution in [2.24, 2.45) is 0 Å². The highest BCUT2D eigenvalue weighted by Gasteiger charge is 2.08. The first-order valence-corrected chi connectivity index (χ1v) is 6.00. The molecule has 1 heterocycles. The van der Waals surface area contributed by atoms with Crippen LogP contribution in [-0.4, -0.2) is 28.0 Å². The van der Waals surface area contributed by atoms with E-state index in [1.54, 1.807) is 11.8 Å². The Labute approximate surface area is 111 Å². The third kappa shape index (κ3) is 3.13. The Kier molecular flexibility index (Phi) is 3.85. The van der Waals surface area contributed by atoms with Gasteiger partial charge in [0.2, 0.25) is 0 Å². The number of aliphatic carboxylic acids is 1. The maximum atomic E-state index is 10.5. The summed E-state index contributed by atoms with van der Waals surface area (Å²) < 4.78 is 6.79. The van der Waals surface area contributed by atoms with Crippen LogP contribution in [0.4, 0.5) is 0 Å². The summed E-state index contributed by atoms with van der Waals surface area (Å²) in [4.78, 5) is 10.5. The van der Waals surface area contributed by atoms with Gasteiger partial charge in [-0.1, -0.05) is 12.1 Å². The van der Waals surface area contributed by atoms with E-state index >= 15 is 0 Å². The molecule has 0 saturated carbocycles. The van der Waals surface area contributed by atoms with Gasteiger partial charge in [-0.05, 0) is 24.6 Å². The van der Waals surface area contributed by atoms with Crippen molar-refractivity contribution in [1.29, 1.82) is 0 Å². The van der Waals surface area contributed by atoms with Crippen LogP contribution in [0.1, 0.15) is 12.1 Å². The molecule has 19 heavy (non-hydrogen) atoms. The van der Waals surface area contributed by atoms with E-state index in [0.717, 1.165) is 22.6 Å². The zero-order chi connectivity index (χ0) is 13.8. The highest BCUT2D eigenvalue weighted by atomic mass is 16.5. The van der Waals surface area contributed by atoms with Crippen molar-refractivity contribution in [2.75, 3.05) is 7.11 Å². The summed E-state index contributed by atoms with van der Waals surface area (Å²) in [5.74, 6) is -0.0150. The summed E-state index contributed by atoms with van der Waals surface area (Å²) in [7, 11) is 1.63. The number of methoxy groups -OCH3 is 1. The monoisotopic (exact) mass is 260 g/mol. The first-order valence-electron chi connectivity index (χ1n) is 6.00. The molecule has 0 radical (unpaired) electrons. The number of ether oxygens (including phenoxy) is 1. The van der Waals surface area contributed by atoms with E-state index in [-0.39, 0.29) is 6.42 Å².